The minimum atomic E-state index is -2.42. The third-order valence-electron chi connectivity index (χ3n) is 4.14. The van der Waals surface area contributed by atoms with Crippen molar-refractivity contribution < 1.29 is 8.78 Å². The molecule has 2 nitrogen and oxygen atoms in total. The van der Waals surface area contributed by atoms with Gasteiger partial charge in [-0.15, -0.1) is 0 Å². The zero-order valence-corrected chi connectivity index (χ0v) is 13.4. The number of hydrogen-bond donors (Lipinski definition) is 2. The maximum Gasteiger partial charge on any atom is 0.263 e. The third-order valence-corrected chi connectivity index (χ3v) is 4.14. The summed E-state index contributed by atoms with van der Waals surface area (Å²) in [7, 11) is 0. The fourth-order valence-electron chi connectivity index (χ4n) is 2.73. The minimum absolute atomic E-state index is 0.0109. The van der Waals surface area contributed by atoms with E-state index in [4.69, 9.17) is 5.73 Å². The van der Waals surface area contributed by atoms with Crippen molar-refractivity contribution in [3.63, 3.8) is 0 Å². The molecule has 21 heavy (non-hydrogen) atoms. The maximum absolute atomic E-state index is 12.6. The number of nitrogens with two attached hydrogens (primary N) is 1. The monoisotopic (exact) mass is 298 g/mol. The molecule has 0 spiro atoms. The van der Waals surface area contributed by atoms with Crippen molar-refractivity contribution in [2.45, 2.75) is 40.2 Å². The number of alkyl halides is 2. The van der Waals surface area contributed by atoms with Crippen LogP contribution in [0.5, 0.6) is 0 Å². The molecule has 1 atom stereocenters. The highest BCUT2D eigenvalue weighted by atomic mass is 19.3. The molecule has 0 saturated heterocycles. The Labute approximate surface area is 127 Å². The van der Waals surface area contributed by atoms with Gasteiger partial charge in [-0.05, 0) is 29.9 Å². The van der Waals surface area contributed by atoms with Crippen LogP contribution in [0.2, 0.25) is 0 Å². The van der Waals surface area contributed by atoms with Crippen molar-refractivity contribution in [2.75, 3.05) is 13.1 Å². The van der Waals surface area contributed by atoms with E-state index >= 15 is 0 Å². The van der Waals surface area contributed by atoms with Crippen LogP contribution < -0.4 is 11.1 Å². The Morgan fingerprint density at radius 3 is 1.81 bits per heavy atom. The van der Waals surface area contributed by atoms with Gasteiger partial charge < -0.3 is 11.1 Å². The summed E-state index contributed by atoms with van der Waals surface area (Å²) in [6, 6.07) is 6.45. The second-order valence-electron chi connectivity index (χ2n) is 6.32. The Bertz CT molecular complexity index is 394. The van der Waals surface area contributed by atoms with Crippen molar-refractivity contribution >= 4 is 0 Å². The molecule has 1 aromatic rings. The SMILES string of the molecule is CC(C)C(CNC(CN)c1ccc(C(F)F)cc1)C(C)C. The van der Waals surface area contributed by atoms with Crippen LogP contribution in [0.1, 0.15) is 51.3 Å². The van der Waals surface area contributed by atoms with Gasteiger partial charge in [0.05, 0.1) is 0 Å². The summed E-state index contributed by atoms with van der Waals surface area (Å²) in [5.74, 6) is 1.76. The fraction of sp³-hybridized carbons (Fsp3) is 0.647. The van der Waals surface area contributed by atoms with Crippen LogP contribution in [0.15, 0.2) is 24.3 Å². The third kappa shape index (κ3) is 5.36. The van der Waals surface area contributed by atoms with E-state index in [0.29, 0.717) is 24.3 Å². The molecule has 3 N–H and O–H groups in total. The standard InChI is InChI=1S/C17H28F2N2/c1-11(2)15(12(3)4)10-21-16(9-20)13-5-7-14(8-6-13)17(18)19/h5-8,11-12,15-17,21H,9-10,20H2,1-4H3. The van der Waals surface area contributed by atoms with Gasteiger partial charge in [0.2, 0.25) is 0 Å². The van der Waals surface area contributed by atoms with Gasteiger partial charge in [0.25, 0.3) is 6.43 Å². The first kappa shape index (κ1) is 18.1. The van der Waals surface area contributed by atoms with Crippen LogP contribution in [0, 0.1) is 17.8 Å². The lowest BCUT2D eigenvalue weighted by Gasteiger charge is -2.28. The lowest BCUT2D eigenvalue weighted by Crippen LogP contribution is -2.35. The summed E-state index contributed by atoms with van der Waals surface area (Å²) in [5.41, 5.74) is 6.85. The molecule has 0 fully saturated rings. The van der Waals surface area contributed by atoms with Gasteiger partial charge in [-0.3, -0.25) is 0 Å². The van der Waals surface area contributed by atoms with Crippen LogP contribution in [-0.2, 0) is 0 Å². The van der Waals surface area contributed by atoms with Crippen LogP contribution >= 0.6 is 0 Å². The van der Waals surface area contributed by atoms with Gasteiger partial charge in [0.15, 0.2) is 0 Å². The average Bonchev–Trinajstić information content (AvgIpc) is 2.43. The molecule has 0 radical (unpaired) electrons. The predicted octanol–water partition coefficient (Wildman–Crippen LogP) is 4.14. The smallest absolute Gasteiger partial charge is 0.263 e. The molecule has 4 heteroatoms. The summed E-state index contributed by atoms with van der Waals surface area (Å²) >= 11 is 0. The Morgan fingerprint density at radius 2 is 1.43 bits per heavy atom. The summed E-state index contributed by atoms with van der Waals surface area (Å²) in [4.78, 5) is 0. The summed E-state index contributed by atoms with van der Waals surface area (Å²) in [6.45, 7) is 10.2. The molecule has 0 heterocycles. The zero-order chi connectivity index (χ0) is 16.0. The molecule has 120 valence electrons. The minimum Gasteiger partial charge on any atom is -0.329 e. The van der Waals surface area contributed by atoms with Crippen LogP contribution in [0.25, 0.3) is 0 Å². The van der Waals surface area contributed by atoms with Gasteiger partial charge in [-0.2, -0.15) is 0 Å². The number of rotatable bonds is 8. The van der Waals surface area contributed by atoms with E-state index in [1.165, 1.54) is 12.1 Å². The number of halogens is 2. The van der Waals surface area contributed by atoms with E-state index in [0.717, 1.165) is 12.1 Å². The second-order valence-corrected chi connectivity index (χ2v) is 6.32. The Hall–Kier alpha value is -1.00. The topological polar surface area (TPSA) is 38.0 Å². The van der Waals surface area contributed by atoms with Gasteiger partial charge in [0.1, 0.15) is 0 Å². The zero-order valence-electron chi connectivity index (χ0n) is 13.4. The molecule has 0 bridgehead atoms. The van der Waals surface area contributed by atoms with Gasteiger partial charge in [0, 0.05) is 18.2 Å². The molecule has 0 saturated carbocycles. The molecule has 0 amide bonds. The highest BCUT2D eigenvalue weighted by Crippen LogP contribution is 2.23. The van der Waals surface area contributed by atoms with Gasteiger partial charge in [-0.25, -0.2) is 8.78 Å². The van der Waals surface area contributed by atoms with E-state index in [9.17, 15) is 8.78 Å². The molecule has 0 aliphatic heterocycles. The van der Waals surface area contributed by atoms with E-state index in [1.54, 1.807) is 12.1 Å². The molecule has 1 rings (SSSR count). The van der Waals surface area contributed by atoms with Crippen molar-refractivity contribution in [3.8, 4) is 0 Å². The first-order chi connectivity index (χ1) is 9.86. The normalized spacial score (nSPS) is 13.7. The molecule has 0 aliphatic carbocycles. The van der Waals surface area contributed by atoms with E-state index in [-0.39, 0.29) is 11.6 Å². The molecule has 0 aromatic heterocycles. The van der Waals surface area contributed by atoms with Crippen LogP contribution in [0.4, 0.5) is 8.78 Å². The fourth-order valence-corrected chi connectivity index (χ4v) is 2.73. The van der Waals surface area contributed by atoms with Gasteiger partial charge >= 0.3 is 0 Å². The first-order valence-electron chi connectivity index (χ1n) is 7.68. The highest BCUT2D eigenvalue weighted by Gasteiger charge is 2.19. The quantitative estimate of drug-likeness (QED) is 0.757. The van der Waals surface area contributed by atoms with E-state index < -0.39 is 6.43 Å². The number of benzene rings is 1. The van der Waals surface area contributed by atoms with Crippen molar-refractivity contribution in [3.05, 3.63) is 35.4 Å². The average molecular weight is 298 g/mol. The van der Waals surface area contributed by atoms with Gasteiger partial charge in [-0.1, -0.05) is 52.0 Å². The molecular formula is C17H28F2N2. The molecule has 1 aromatic carbocycles. The Kier molecular flexibility index (Phi) is 7.26. The van der Waals surface area contributed by atoms with E-state index in [1.807, 2.05) is 0 Å². The van der Waals surface area contributed by atoms with Crippen LogP contribution in [0.3, 0.4) is 0 Å². The summed E-state index contributed by atoms with van der Waals surface area (Å²) in [6.07, 6.45) is -2.42. The van der Waals surface area contributed by atoms with Crippen LogP contribution in [-0.4, -0.2) is 13.1 Å². The first-order valence-corrected chi connectivity index (χ1v) is 7.68. The molecule has 1 unspecified atom stereocenters. The van der Waals surface area contributed by atoms with E-state index in [2.05, 4.69) is 33.0 Å². The largest absolute Gasteiger partial charge is 0.329 e. The lowest BCUT2D eigenvalue weighted by molar-refractivity contribution is 0.151. The number of hydrogen-bond acceptors (Lipinski definition) is 2. The lowest BCUT2D eigenvalue weighted by atomic mass is 9.85. The number of nitrogens with one attached hydrogen (secondary N) is 1. The Balaban J connectivity index is 2.70. The summed E-state index contributed by atoms with van der Waals surface area (Å²) < 4.78 is 25.1. The van der Waals surface area contributed by atoms with Crippen molar-refractivity contribution in [1.29, 1.82) is 0 Å². The maximum atomic E-state index is 12.6. The molecule has 0 aliphatic rings. The highest BCUT2D eigenvalue weighted by molar-refractivity contribution is 5.26. The van der Waals surface area contributed by atoms with Crippen molar-refractivity contribution in [1.82, 2.24) is 5.32 Å². The second kappa shape index (κ2) is 8.44. The Morgan fingerprint density at radius 1 is 0.952 bits per heavy atom. The van der Waals surface area contributed by atoms with Crippen molar-refractivity contribution in [2.24, 2.45) is 23.5 Å². The predicted molar refractivity (Wildman–Crippen MR) is 84.4 cm³/mol. The summed E-state index contributed by atoms with van der Waals surface area (Å²) in [5, 5.41) is 3.48. The molecular weight excluding hydrogens is 270 g/mol.